The van der Waals surface area contributed by atoms with Gasteiger partial charge >= 0.3 is 6.36 Å². The summed E-state index contributed by atoms with van der Waals surface area (Å²) in [6.45, 7) is 1.20. The van der Waals surface area contributed by atoms with Crippen molar-refractivity contribution in [3.8, 4) is 5.75 Å². The van der Waals surface area contributed by atoms with E-state index in [1.54, 1.807) is 12.1 Å². The van der Waals surface area contributed by atoms with Gasteiger partial charge in [0, 0.05) is 25.6 Å². The van der Waals surface area contributed by atoms with E-state index < -0.39 is 6.36 Å². The zero-order valence-corrected chi connectivity index (χ0v) is 14.0. The smallest absolute Gasteiger partial charge is 0.406 e. The van der Waals surface area contributed by atoms with Gasteiger partial charge in [-0.3, -0.25) is 4.79 Å². The van der Waals surface area contributed by atoms with Gasteiger partial charge < -0.3 is 15.4 Å². The van der Waals surface area contributed by atoms with Crippen molar-refractivity contribution < 1.29 is 22.7 Å². The summed E-state index contributed by atoms with van der Waals surface area (Å²) >= 11 is 0. The molecule has 0 aliphatic carbocycles. The number of halogens is 4. The van der Waals surface area contributed by atoms with E-state index in [4.69, 9.17) is 5.73 Å². The summed E-state index contributed by atoms with van der Waals surface area (Å²) in [4.78, 5) is 14.1. The van der Waals surface area contributed by atoms with Gasteiger partial charge in [0.2, 0.25) is 5.91 Å². The largest absolute Gasteiger partial charge is 0.573 e. The van der Waals surface area contributed by atoms with Gasteiger partial charge in [-0.15, -0.1) is 25.6 Å². The van der Waals surface area contributed by atoms with Crippen LogP contribution in [0, 0.1) is 0 Å². The van der Waals surface area contributed by atoms with Gasteiger partial charge in [0.15, 0.2) is 0 Å². The molecule has 1 saturated heterocycles. The summed E-state index contributed by atoms with van der Waals surface area (Å²) in [7, 11) is 0. The van der Waals surface area contributed by atoms with Gasteiger partial charge in [-0.25, -0.2) is 0 Å². The fraction of sp³-hybridized carbons (Fsp3) is 0.562. The lowest BCUT2D eigenvalue weighted by molar-refractivity contribution is -0.274. The highest BCUT2D eigenvalue weighted by atomic mass is 35.5. The number of hydrogen-bond acceptors (Lipinski definition) is 3. The Hall–Kier alpha value is -1.47. The van der Waals surface area contributed by atoms with Crippen LogP contribution in [-0.2, 0) is 11.2 Å². The quantitative estimate of drug-likeness (QED) is 0.870. The molecule has 0 radical (unpaired) electrons. The molecule has 1 unspecified atom stereocenters. The maximum atomic E-state index is 12.3. The number of benzene rings is 1. The first-order valence-corrected chi connectivity index (χ1v) is 7.73. The second-order valence-electron chi connectivity index (χ2n) is 5.66. The van der Waals surface area contributed by atoms with E-state index in [0.29, 0.717) is 19.4 Å². The number of ether oxygens (including phenoxy) is 1. The minimum atomic E-state index is -4.69. The number of carbonyl (C=O) groups is 1. The molecular formula is C16H22ClF3N2O2. The lowest BCUT2D eigenvalue weighted by Gasteiger charge is -2.35. The Morgan fingerprint density at radius 1 is 1.25 bits per heavy atom. The average molecular weight is 367 g/mol. The first-order chi connectivity index (χ1) is 10.9. The molecule has 1 aromatic carbocycles. The van der Waals surface area contributed by atoms with E-state index in [2.05, 4.69) is 4.74 Å². The number of rotatable bonds is 5. The molecule has 4 nitrogen and oxygen atoms in total. The highest BCUT2D eigenvalue weighted by Gasteiger charge is 2.31. The number of carbonyl (C=O) groups excluding carboxylic acids is 1. The molecule has 1 atom stereocenters. The first-order valence-electron chi connectivity index (χ1n) is 7.73. The van der Waals surface area contributed by atoms with Crippen LogP contribution in [0.2, 0.25) is 0 Å². The lowest BCUT2D eigenvalue weighted by atomic mass is 10.0. The van der Waals surface area contributed by atoms with Crippen LogP contribution < -0.4 is 10.5 Å². The first kappa shape index (κ1) is 20.6. The van der Waals surface area contributed by atoms with Crippen molar-refractivity contribution in [2.75, 3.05) is 13.1 Å². The molecule has 0 saturated carbocycles. The molecule has 1 fully saturated rings. The highest BCUT2D eigenvalue weighted by molar-refractivity contribution is 5.85. The summed E-state index contributed by atoms with van der Waals surface area (Å²) in [6, 6.07) is 5.72. The van der Waals surface area contributed by atoms with Crippen LogP contribution in [0.15, 0.2) is 24.3 Å². The molecule has 8 heteroatoms. The Morgan fingerprint density at radius 2 is 1.92 bits per heavy atom. The standard InChI is InChI=1S/C16H21F3N2O2.ClH/c17-16(18,19)23-14-7-4-12(5-8-14)6-9-15(22)21-10-2-1-3-13(21)11-20;/h4-5,7-8,13H,1-3,6,9-11,20H2;1H. The summed E-state index contributed by atoms with van der Waals surface area (Å²) in [6.07, 6.45) is -0.859. The van der Waals surface area contributed by atoms with E-state index in [1.165, 1.54) is 12.1 Å². The van der Waals surface area contributed by atoms with E-state index >= 15 is 0 Å². The zero-order chi connectivity index (χ0) is 16.9. The predicted octanol–water partition coefficient (Wildman–Crippen LogP) is 3.28. The van der Waals surface area contributed by atoms with Gasteiger partial charge in [0.25, 0.3) is 0 Å². The minimum absolute atomic E-state index is 0. The summed E-state index contributed by atoms with van der Waals surface area (Å²) in [5.41, 5.74) is 6.51. The van der Waals surface area contributed by atoms with E-state index in [9.17, 15) is 18.0 Å². The van der Waals surface area contributed by atoms with Gasteiger partial charge in [-0.1, -0.05) is 12.1 Å². The Morgan fingerprint density at radius 3 is 2.50 bits per heavy atom. The number of nitrogens with zero attached hydrogens (tertiary/aromatic N) is 1. The maximum absolute atomic E-state index is 12.3. The van der Waals surface area contributed by atoms with Gasteiger partial charge in [0.05, 0.1) is 0 Å². The van der Waals surface area contributed by atoms with Crippen molar-refractivity contribution in [3.05, 3.63) is 29.8 Å². The zero-order valence-electron chi connectivity index (χ0n) is 13.2. The molecule has 2 N–H and O–H groups in total. The second-order valence-corrected chi connectivity index (χ2v) is 5.66. The van der Waals surface area contributed by atoms with E-state index in [-0.39, 0.29) is 30.1 Å². The minimum Gasteiger partial charge on any atom is -0.406 e. The molecule has 1 heterocycles. The average Bonchev–Trinajstić information content (AvgIpc) is 2.52. The Labute approximate surface area is 145 Å². The van der Waals surface area contributed by atoms with Crippen LogP contribution >= 0.6 is 12.4 Å². The third kappa shape index (κ3) is 6.20. The number of likely N-dealkylation sites (tertiary alicyclic amines) is 1. The van der Waals surface area contributed by atoms with E-state index in [1.807, 2.05) is 4.90 Å². The molecule has 0 bridgehead atoms. The third-order valence-corrected chi connectivity index (χ3v) is 4.00. The van der Waals surface area contributed by atoms with Crippen molar-refractivity contribution >= 4 is 18.3 Å². The number of amides is 1. The Bertz CT molecular complexity index is 523. The maximum Gasteiger partial charge on any atom is 0.573 e. The topological polar surface area (TPSA) is 55.6 Å². The number of hydrogen-bond donors (Lipinski definition) is 1. The number of alkyl halides is 3. The molecule has 1 aromatic rings. The van der Waals surface area contributed by atoms with Crippen molar-refractivity contribution in [2.45, 2.75) is 44.5 Å². The summed E-state index contributed by atoms with van der Waals surface area (Å²) in [5.74, 6) is -0.206. The number of nitrogens with two attached hydrogens (primary N) is 1. The SMILES string of the molecule is Cl.NCC1CCCCN1C(=O)CCc1ccc(OC(F)(F)F)cc1. The fourth-order valence-corrected chi connectivity index (χ4v) is 2.83. The fourth-order valence-electron chi connectivity index (χ4n) is 2.83. The Kier molecular flexibility index (Phi) is 7.83. The summed E-state index contributed by atoms with van der Waals surface area (Å²) < 4.78 is 40.1. The molecule has 1 aliphatic rings. The van der Waals surface area contributed by atoms with Crippen molar-refractivity contribution in [1.82, 2.24) is 4.90 Å². The Balaban J connectivity index is 0.00000288. The van der Waals surface area contributed by atoms with Crippen LogP contribution in [0.1, 0.15) is 31.2 Å². The molecule has 0 spiro atoms. The molecule has 1 aliphatic heterocycles. The molecular weight excluding hydrogens is 345 g/mol. The van der Waals surface area contributed by atoms with Gasteiger partial charge in [-0.2, -0.15) is 0 Å². The highest BCUT2D eigenvalue weighted by Crippen LogP contribution is 2.23. The molecule has 2 rings (SSSR count). The van der Waals surface area contributed by atoms with Crippen LogP contribution in [0.5, 0.6) is 5.75 Å². The van der Waals surface area contributed by atoms with Crippen LogP contribution in [0.3, 0.4) is 0 Å². The van der Waals surface area contributed by atoms with Crippen LogP contribution in [-0.4, -0.2) is 36.3 Å². The van der Waals surface area contributed by atoms with Crippen LogP contribution in [0.25, 0.3) is 0 Å². The second kappa shape index (κ2) is 9.13. The number of aryl methyl sites for hydroxylation is 1. The van der Waals surface area contributed by atoms with Crippen molar-refractivity contribution in [3.63, 3.8) is 0 Å². The normalized spacial score (nSPS) is 18.0. The van der Waals surface area contributed by atoms with Crippen molar-refractivity contribution in [1.29, 1.82) is 0 Å². The van der Waals surface area contributed by atoms with Crippen molar-refractivity contribution in [2.24, 2.45) is 5.73 Å². The molecule has 136 valence electrons. The van der Waals surface area contributed by atoms with Crippen LogP contribution in [0.4, 0.5) is 13.2 Å². The summed E-state index contributed by atoms with van der Waals surface area (Å²) in [5, 5.41) is 0. The third-order valence-electron chi connectivity index (χ3n) is 4.00. The molecule has 0 aromatic heterocycles. The predicted molar refractivity (Wildman–Crippen MR) is 87.1 cm³/mol. The molecule has 1 amide bonds. The van der Waals surface area contributed by atoms with Gasteiger partial charge in [0.1, 0.15) is 5.75 Å². The lowest BCUT2D eigenvalue weighted by Crippen LogP contribution is -2.47. The van der Waals surface area contributed by atoms with E-state index in [0.717, 1.165) is 31.4 Å². The monoisotopic (exact) mass is 366 g/mol. The van der Waals surface area contributed by atoms with Gasteiger partial charge in [-0.05, 0) is 43.4 Å². The number of piperidine rings is 1. The molecule has 24 heavy (non-hydrogen) atoms.